The predicted octanol–water partition coefficient (Wildman–Crippen LogP) is 1.55. The van der Waals surface area contributed by atoms with Crippen LogP contribution in [0.5, 0.6) is 0 Å². The average Bonchev–Trinajstić information content (AvgIpc) is 2.35. The van der Waals surface area contributed by atoms with Gasteiger partial charge in [0, 0.05) is 25.7 Å². The molecule has 4 heteroatoms. The van der Waals surface area contributed by atoms with E-state index in [1.54, 1.807) is 0 Å². The Kier molecular flexibility index (Phi) is 8.20. The molecule has 2 atom stereocenters. The second kappa shape index (κ2) is 8.48. The van der Waals surface area contributed by atoms with Gasteiger partial charge in [0.2, 0.25) is 5.91 Å². The molecule has 18 heavy (non-hydrogen) atoms. The van der Waals surface area contributed by atoms with Crippen molar-refractivity contribution in [2.75, 3.05) is 26.7 Å². The molecule has 0 rings (SSSR count). The van der Waals surface area contributed by atoms with Crippen molar-refractivity contribution in [3.8, 4) is 0 Å². The Bertz CT molecular complexity index is 239. The second-order valence-electron chi connectivity index (χ2n) is 5.36. The van der Waals surface area contributed by atoms with Crippen LogP contribution in [0, 0.1) is 5.92 Å². The number of carbonyl (C=O) groups is 1. The summed E-state index contributed by atoms with van der Waals surface area (Å²) in [6.45, 7) is 12.7. The van der Waals surface area contributed by atoms with Crippen molar-refractivity contribution in [1.29, 1.82) is 0 Å². The molecule has 0 aliphatic rings. The highest BCUT2D eigenvalue weighted by Crippen LogP contribution is 2.07. The van der Waals surface area contributed by atoms with E-state index in [9.17, 15) is 4.79 Å². The van der Waals surface area contributed by atoms with E-state index in [0.717, 1.165) is 26.1 Å². The molecule has 0 spiro atoms. The fourth-order valence-corrected chi connectivity index (χ4v) is 1.87. The van der Waals surface area contributed by atoms with Crippen molar-refractivity contribution in [3.05, 3.63) is 0 Å². The zero-order valence-electron chi connectivity index (χ0n) is 12.9. The molecule has 2 unspecified atom stereocenters. The maximum Gasteiger partial charge on any atom is 0.239 e. The second-order valence-corrected chi connectivity index (χ2v) is 5.36. The lowest BCUT2D eigenvalue weighted by Gasteiger charge is -2.30. The van der Waals surface area contributed by atoms with Gasteiger partial charge in [0.05, 0.1) is 6.04 Å². The van der Waals surface area contributed by atoms with Crippen molar-refractivity contribution < 1.29 is 4.79 Å². The van der Waals surface area contributed by atoms with Crippen LogP contribution in [0.25, 0.3) is 0 Å². The molecule has 0 aromatic heterocycles. The maximum atomic E-state index is 12.2. The smallest absolute Gasteiger partial charge is 0.239 e. The van der Waals surface area contributed by atoms with E-state index in [1.165, 1.54) is 0 Å². The summed E-state index contributed by atoms with van der Waals surface area (Å²) in [5.41, 5.74) is 6.03. The van der Waals surface area contributed by atoms with E-state index in [-0.39, 0.29) is 18.0 Å². The van der Waals surface area contributed by atoms with Crippen LogP contribution in [0.3, 0.4) is 0 Å². The lowest BCUT2D eigenvalue weighted by molar-refractivity contribution is -0.135. The van der Waals surface area contributed by atoms with Gasteiger partial charge < -0.3 is 10.6 Å². The number of hydrogen-bond acceptors (Lipinski definition) is 3. The first-order valence-corrected chi connectivity index (χ1v) is 7.09. The molecule has 0 radical (unpaired) electrons. The molecular weight excluding hydrogens is 226 g/mol. The molecule has 0 bridgehead atoms. The number of rotatable bonds is 8. The monoisotopic (exact) mass is 257 g/mol. The molecular formula is C14H31N3O. The van der Waals surface area contributed by atoms with E-state index >= 15 is 0 Å². The van der Waals surface area contributed by atoms with Gasteiger partial charge in [0.15, 0.2) is 0 Å². The molecule has 0 aromatic rings. The summed E-state index contributed by atoms with van der Waals surface area (Å²) < 4.78 is 0. The summed E-state index contributed by atoms with van der Waals surface area (Å²) in [5.74, 6) is 0.702. The van der Waals surface area contributed by atoms with Crippen molar-refractivity contribution in [3.63, 3.8) is 0 Å². The summed E-state index contributed by atoms with van der Waals surface area (Å²) in [7, 11) is 2.00. The first-order valence-electron chi connectivity index (χ1n) is 7.09. The zero-order chi connectivity index (χ0) is 14.3. The van der Waals surface area contributed by atoms with Crippen LogP contribution in [0.15, 0.2) is 0 Å². The number of likely N-dealkylation sites (N-methyl/N-ethyl adjacent to an activating group) is 2. The number of amides is 1. The minimum absolute atomic E-state index is 0.0655. The van der Waals surface area contributed by atoms with Crippen LogP contribution in [-0.2, 0) is 4.79 Å². The summed E-state index contributed by atoms with van der Waals surface area (Å²) >= 11 is 0. The molecule has 2 N–H and O–H groups in total. The van der Waals surface area contributed by atoms with Gasteiger partial charge in [0.1, 0.15) is 0 Å². The average molecular weight is 257 g/mol. The topological polar surface area (TPSA) is 49.6 Å². The summed E-state index contributed by atoms with van der Waals surface area (Å²) in [5, 5.41) is 0. The third-order valence-electron chi connectivity index (χ3n) is 3.77. The zero-order valence-corrected chi connectivity index (χ0v) is 12.9. The molecule has 0 aliphatic heterocycles. The van der Waals surface area contributed by atoms with Gasteiger partial charge in [-0.2, -0.15) is 0 Å². The van der Waals surface area contributed by atoms with Crippen molar-refractivity contribution in [2.24, 2.45) is 11.7 Å². The molecule has 0 saturated carbocycles. The van der Waals surface area contributed by atoms with Crippen LogP contribution in [-0.4, -0.2) is 54.5 Å². The molecule has 0 fully saturated rings. The summed E-state index contributed by atoms with van der Waals surface area (Å²) in [6, 6.07) is 0.146. The number of carbonyl (C=O) groups excluding carboxylic acids is 1. The summed E-state index contributed by atoms with van der Waals surface area (Å²) in [4.78, 5) is 16.2. The lowest BCUT2D eigenvalue weighted by Crippen LogP contribution is -2.46. The van der Waals surface area contributed by atoms with Gasteiger partial charge in [-0.25, -0.2) is 0 Å². The minimum Gasteiger partial charge on any atom is -0.342 e. The number of nitrogens with two attached hydrogens (primary N) is 1. The van der Waals surface area contributed by atoms with Crippen molar-refractivity contribution in [1.82, 2.24) is 9.80 Å². The summed E-state index contributed by atoms with van der Waals surface area (Å²) in [6.07, 6.45) is 0.935. The molecule has 108 valence electrons. The third kappa shape index (κ3) is 5.36. The quantitative estimate of drug-likeness (QED) is 0.718. The molecule has 1 amide bonds. The first-order chi connectivity index (χ1) is 8.34. The van der Waals surface area contributed by atoms with Gasteiger partial charge in [-0.15, -0.1) is 0 Å². The van der Waals surface area contributed by atoms with E-state index in [2.05, 4.69) is 18.7 Å². The molecule has 0 saturated heterocycles. The third-order valence-corrected chi connectivity index (χ3v) is 3.77. The minimum atomic E-state index is -0.0655. The SMILES string of the molecule is CCN(CC)C(=O)C(C)N(C)CCC(N)C(C)C. The van der Waals surface area contributed by atoms with Crippen molar-refractivity contribution in [2.45, 2.75) is 53.1 Å². The van der Waals surface area contributed by atoms with E-state index in [0.29, 0.717) is 5.92 Å². The number of hydrogen-bond donors (Lipinski definition) is 1. The normalized spacial score (nSPS) is 14.9. The van der Waals surface area contributed by atoms with Gasteiger partial charge in [-0.05, 0) is 40.2 Å². The Morgan fingerprint density at radius 1 is 1.17 bits per heavy atom. The Balaban J connectivity index is 4.25. The molecule has 0 aliphatic carbocycles. The Morgan fingerprint density at radius 2 is 1.67 bits per heavy atom. The van der Waals surface area contributed by atoms with Gasteiger partial charge in [0.25, 0.3) is 0 Å². The molecule has 0 aromatic carbocycles. The highest BCUT2D eigenvalue weighted by Gasteiger charge is 2.22. The highest BCUT2D eigenvalue weighted by molar-refractivity contribution is 5.81. The van der Waals surface area contributed by atoms with E-state index < -0.39 is 0 Å². The Hall–Kier alpha value is -0.610. The van der Waals surface area contributed by atoms with Crippen LogP contribution in [0.1, 0.15) is 41.0 Å². The van der Waals surface area contributed by atoms with Crippen LogP contribution >= 0.6 is 0 Å². The van der Waals surface area contributed by atoms with Gasteiger partial charge in [-0.1, -0.05) is 13.8 Å². The predicted molar refractivity (Wildman–Crippen MR) is 77.5 cm³/mol. The fraction of sp³-hybridized carbons (Fsp3) is 0.929. The van der Waals surface area contributed by atoms with Gasteiger partial charge >= 0.3 is 0 Å². The Labute approximate surface area is 113 Å². The maximum absolute atomic E-state index is 12.2. The number of nitrogens with zero attached hydrogens (tertiary/aromatic N) is 2. The van der Waals surface area contributed by atoms with Crippen molar-refractivity contribution >= 4 is 5.91 Å². The molecule has 4 nitrogen and oxygen atoms in total. The van der Waals surface area contributed by atoms with Crippen LogP contribution in [0.2, 0.25) is 0 Å². The van der Waals surface area contributed by atoms with Crippen LogP contribution < -0.4 is 5.73 Å². The first kappa shape index (κ1) is 17.4. The standard InChI is InChI=1S/C14H31N3O/c1-7-17(8-2)14(18)12(5)16(6)10-9-13(15)11(3)4/h11-13H,7-10,15H2,1-6H3. The highest BCUT2D eigenvalue weighted by atomic mass is 16.2. The van der Waals surface area contributed by atoms with E-state index in [4.69, 9.17) is 5.73 Å². The largest absolute Gasteiger partial charge is 0.342 e. The fourth-order valence-electron chi connectivity index (χ4n) is 1.87. The lowest BCUT2D eigenvalue weighted by atomic mass is 10.0. The van der Waals surface area contributed by atoms with Crippen LogP contribution in [0.4, 0.5) is 0 Å². The van der Waals surface area contributed by atoms with Gasteiger partial charge in [-0.3, -0.25) is 9.69 Å². The Morgan fingerprint density at radius 3 is 2.06 bits per heavy atom. The van der Waals surface area contributed by atoms with E-state index in [1.807, 2.05) is 32.7 Å². The molecule has 0 heterocycles.